The Kier molecular flexibility index (Phi) is 3.31. The van der Waals surface area contributed by atoms with Crippen LogP contribution in [0.5, 0.6) is 0 Å². The van der Waals surface area contributed by atoms with Crippen molar-refractivity contribution in [3.8, 4) is 0 Å². The second-order valence-electron chi connectivity index (χ2n) is 3.74. The molecule has 0 saturated carbocycles. The Morgan fingerprint density at radius 3 is 2.31 bits per heavy atom. The summed E-state index contributed by atoms with van der Waals surface area (Å²) < 4.78 is 0. The van der Waals surface area contributed by atoms with Gasteiger partial charge in [-0.2, -0.15) is 0 Å². The molecule has 0 aromatic heterocycles. The van der Waals surface area contributed by atoms with E-state index >= 15 is 0 Å². The van der Waals surface area contributed by atoms with Crippen LogP contribution in [0.4, 0.5) is 0 Å². The highest BCUT2D eigenvalue weighted by Crippen LogP contribution is 2.04. The van der Waals surface area contributed by atoms with Crippen molar-refractivity contribution in [2.45, 2.75) is 0 Å². The van der Waals surface area contributed by atoms with E-state index < -0.39 is 11.7 Å². The molecule has 1 N–H and O–H groups in total. The minimum atomic E-state index is -0.414. The number of piperazine rings is 1. The first-order chi connectivity index (χ1) is 7.79. The predicted molar refractivity (Wildman–Crippen MR) is 60.2 cm³/mol. The highest BCUT2D eigenvalue weighted by molar-refractivity contribution is 6.42. The van der Waals surface area contributed by atoms with Crippen molar-refractivity contribution >= 4 is 11.7 Å². The van der Waals surface area contributed by atoms with E-state index in [4.69, 9.17) is 0 Å². The molecule has 0 atom stereocenters. The number of Topliss-reactive ketones (excluding diaryl/α,β-unsaturated/α-hetero) is 1. The zero-order valence-corrected chi connectivity index (χ0v) is 8.98. The van der Waals surface area contributed by atoms with E-state index in [1.165, 1.54) is 0 Å². The molecule has 1 aliphatic rings. The van der Waals surface area contributed by atoms with Crippen LogP contribution in [0.2, 0.25) is 0 Å². The number of nitrogens with zero attached hydrogens (tertiary/aromatic N) is 1. The van der Waals surface area contributed by atoms with Gasteiger partial charge in [-0.3, -0.25) is 9.59 Å². The first kappa shape index (κ1) is 10.8. The van der Waals surface area contributed by atoms with Crippen LogP contribution < -0.4 is 5.32 Å². The summed E-state index contributed by atoms with van der Waals surface area (Å²) in [5.41, 5.74) is 0.464. The molecule has 0 radical (unpaired) electrons. The van der Waals surface area contributed by atoms with Gasteiger partial charge in [-0.1, -0.05) is 30.3 Å². The lowest BCUT2D eigenvalue weighted by Gasteiger charge is -2.26. The van der Waals surface area contributed by atoms with Gasteiger partial charge in [0.15, 0.2) is 0 Å². The molecule has 1 aliphatic heterocycles. The molecule has 1 heterocycles. The van der Waals surface area contributed by atoms with Crippen LogP contribution >= 0.6 is 0 Å². The average Bonchev–Trinajstić information content (AvgIpc) is 2.39. The number of hydrogen-bond acceptors (Lipinski definition) is 3. The molecule has 0 aliphatic carbocycles. The number of hydrogen-bond donors (Lipinski definition) is 1. The van der Waals surface area contributed by atoms with Crippen LogP contribution in [0.3, 0.4) is 0 Å². The molecule has 1 aromatic carbocycles. The Morgan fingerprint density at radius 1 is 1.06 bits per heavy atom. The number of amides is 1. The Labute approximate surface area is 94.2 Å². The lowest BCUT2D eigenvalue weighted by molar-refractivity contribution is -0.126. The molecule has 1 saturated heterocycles. The maximum absolute atomic E-state index is 11.8. The summed E-state index contributed by atoms with van der Waals surface area (Å²) in [5.74, 6) is -0.810. The van der Waals surface area contributed by atoms with Crippen LogP contribution in [0.15, 0.2) is 30.3 Å². The van der Waals surface area contributed by atoms with Crippen molar-refractivity contribution in [3.05, 3.63) is 35.9 Å². The summed E-state index contributed by atoms with van der Waals surface area (Å²) in [4.78, 5) is 25.3. The predicted octanol–water partition coefficient (Wildman–Crippen LogP) is 0.301. The fraction of sp³-hybridized carbons (Fsp3) is 0.333. The first-order valence-corrected chi connectivity index (χ1v) is 5.38. The standard InChI is InChI=1S/C12H14N2O2/c15-11(10-4-2-1-3-5-10)12(16)14-8-6-13-7-9-14/h1-5,13H,6-9H2. The Hall–Kier alpha value is -1.68. The summed E-state index contributed by atoms with van der Waals surface area (Å²) >= 11 is 0. The first-order valence-electron chi connectivity index (χ1n) is 5.38. The maximum atomic E-state index is 11.8. The van der Waals surface area contributed by atoms with Crippen molar-refractivity contribution in [3.63, 3.8) is 0 Å². The van der Waals surface area contributed by atoms with Crippen LogP contribution in [-0.4, -0.2) is 42.8 Å². The highest BCUT2D eigenvalue weighted by Gasteiger charge is 2.23. The van der Waals surface area contributed by atoms with E-state index in [-0.39, 0.29) is 0 Å². The largest absolute Gasteiger partial charge is 0.333 e. The Morgan fingerprint density at radius 2 is 1.69 bits per heavy atom. The molecule has 0 bridgehead atoms. The Balaban J connectivity index is 2.07. The van der Waals surface area contributed by atoms with Crippen molar-refractivity contribution in [1.29, 1.82) is 0 Å². The molecule has 2 rings (SSSR count). The molecular weight excluding hydrogens is 204 g/mol. The van der Waals surface area contributed by atoms with Gasteiger partial charge in [0.25, 0.3) is 5.91 Å². The number of carbonyl (C=O) groups is 2. The summed E-state index contributed by atoms with van der Waals surface area (Å²) in [5, 5.41) is 3.14. The molecule has 4 nitrogen and oxygen atoms in total. The number of benzene rings is 1. The molecule has 1 aromatic rings. The zero-order chi connectivity index (χ0) is 11.4. The third-order valence-electron chi connectivity index (χ3n) is 2.63. The number of nitrogens with one attached hydrogen (secondary N) is 1. The molecular formula is C12H14N2O2. The normalized spacial score (nSPS) is 15.9. The topological polar surface area (TPSA) is 49.4 Å². The minimum absolute atomic E-state index is 0.396. The van der Waals surface area contributed by atoms with Gasteiger partial charge in [0.2, 0.25) is 5.78 Å². The van der Waals surface area contributed by atoms with E-state index in [1.54, 1.807) is 29.2 Å². The molecule has 16 heavy (non-hydrogen) atoms. The third-order valence-corrected chi connectivity index (χ3v) is 2.63. The molecule has 1 amide bonds. The quantitative estimate of drug-likeness (QED) is 0.574. The second-order valence-corrected chi connectivity index (χ2v) is 3.74. The van der Waals surface area contributed by atoms with Crippen LogP contribution in [-0.2, 0) is 4.79 Å². The van der Waals surface area contributed by atoms with E-state index in [1.807, 2.05) is 6.07 Å². The van der Waals surface area contributed by atoms with Crippen molar-refractivity contribution in [2.24, 2.45) is 0 Å². The minimum Gasteiger partial charge on any atom is -0.333 e. The van der Waals surface area contributed by atoms with Gasteiger partial charge in [-0.25, -0.2) is 0 Å². The molecule has 0 unspecified atom stereocenters. The van der Waals surface area contributed by atoms with E-state index in [0.29, 0.717) is 18.7 Å². The fourth-order valence-corrected chi connectivity index (χ4v) is 1.72. The summed E-state index contributed by atoms with van der Waals surface area (Å²) in [7, 11) is 0. The van der Waals surface area contributed by atoms with Crippen molar-refractivity contribution in [2.75, 3.05) is 26.2 Å². The second kappa shape index (κ2) is 4.90. The summed E-state index contributed by atoms with van der Waals surface area (Å²) in [6.45, 7) is 2.73. The summed E-state index contributed by atoms with van der Waals surface area (Å²) in [6.07, 6.45) is 0. The van der Waals surface area contributed by atoms with Crippen LogP contribution in [0, 0.1) is 0 Å². The van der Waals surface area contributed by atoms with E-state index in [9.17, 15) is 9.59 Å². The van der Waals surface area contributed by atoms with Crippen molar-refractivity contribution < 1.29 is 9.59 Å². The average molecular weight is 218 g/mol. The highest BCUT2D eigenvalue weighted by atomic mass is 16.2. The van der Waals surface area contributed by atoms with Gasteiger partial charge in [-0.05, 0) is 0 Å². The molecule has 1 fully saturated rings. The molecule has 0 spiro atoms. The van der Waals surface area contributed by atoms with Gasteiger partial charge < -0.3 is 10.2 Å². The van der Waals surface area contributed by atoms with Gasteiger partial charge in [0.1, 0.15) is 0 Å². The fourth-order valence-electron chi connectivity index (χ4n) is 1.72. The van der Waals surface area contributed by atoms with Crippen molar-refractivity contribution in [1.82, 2.24) is 10.2 Å². The van der Waals surface area contributed by atoms with Gasteiger partial charge in [0.05, 0.1) is 0 Å². The summed E-state index contributed by atoms with van der Waals surface area (Å²) in [6, 6.07) is 8.69. The van der Waals surface area contributed by atoms with Gasteiger partial charge >= 0.3 is 0 Å². The number of rotatable bonds is 2. The lowest BCUT2D eigenvalue weighted by Crippen LogP contribution is -2.48. The van der Waals surface area contributed by atoms with Crippen LogP contribution in [0.1, 0.15) is 10.4 Å². The zero-order valence-electron chi connectivity index (χ0n) is 8.98. The molecule has 4 heteroatoms. The van der Waals surface area contributed by atoms with E-state index in [0.717, 1.165) is 13.1 Å². The lowest BCUT2D eigenvalue weighted by atomic mass is 10.1. The maximum Gasteiger partial charge on any atom is 0.295 e. The smallest absolute Gasteiger partial charge is 0.295 e. The molecule has 84 valence electrons. The van der Waals surface area contributed by atoms with Gasteiger partial charge in [-0.15, -0.1) is 0 Å². The number of ketones is 1. The monoisotopic (exact) mass is 218 g/mol. The Bertz CT molecular complexity index is 383. The third kappa shape index (κ3) is 2.28. The van der Waals surface area contributed by atoms with Gasteiger partial charge in [0, 0.05) is 31.7 Å². The SMILES string of the molecule is O=C(C(=O)N1CCNCC1)c1ccccc1. The number of carbonyl (C=O) groups excluding carboxylic acids is 2. The van der Waals surface area contributed by atoms with E-state index in [2.05, 4.69) is 5.32 Å². The van der Waals surface area contributed by atoms with Crippen LogP contribution in [0.25, 0.3) is 0 Å².